The van der Waals surface area contributed by atoms with E-state index in [0.29, 0.717) is 5.92 Å². The predicted octanol–water partition coefficient (Wildman–Crippen LogP) is 3.87. The summed E-state index contributed by atoms with van der Waals surface area (Å²) in [4.78, 5) is 14.3. The maximum Gasteiger partial charge on any atom is 0.259 e. The van der Waals surface area contributed by atoms with Crippen molar-refractivity contribution in [2.45, 2.75) is 26.7 Å². The number of methoxy groups -OCH3 is 1. The van der Waals surface area contributed by atoms with Crippen molar-refractivity contribution < 1.29 is 9.53 Å². The Morgan fingerprint density at radius 2 is 1.90 bits per heavy atom. The third-order valence-corrected chi connectivity index (χ3v) is 4.23. The van der Waals surface area contributed by atoms with E-state index >= 15 is 0 Å². The number of rotatable bonds is 2. The van der Waals surface area contributed by atoms with Gasteiger partial charge in [-0.2, -0.15) is 0 Å². The van der Waals surface area contributed by atoms with Gasteiger partial charge in [-0.05, 0) is 35.4 Å². The fourth-order valence-electron chi connectivity index (χ4n) is 3.14. The van der Waals surface area contributed by atoms with Crippen molar-refractivity contribution in [3.8, 4) is 5.75 Å². The number of hydrogen-bond donors (Lipinski definition) is 0. The van der Waals surface area contributed by atoms with E-state index < -0.39 is 0 Å². The van der Waals surface area contributed by atoms with Gasteiger partial charge in [0.2, 0.25) is 0 Å². The van der Waals surface area contributed by atoms with Crippen LogP contribution in [-0.2, 0) is 0 Å². The Labute approximate surface area is 119 Å². The van der Waals surface area contributed by atoms with E-state index in [1.165, 1.54) is 5.56 Å². The van der Waals surface area contributed by atoms with Crippen LogP contribution in [0.3, 0.4) is 0 Å². The van der Waals surface area contributed by atoms with E-state index in [1.807, 2.05) is 19.2 Å². The summed E-state index contributed by atoms with van der Waals surface area (Å²) in [6.45, 7) is 6.37. The molecule has 20 heavy (non-hydrogen) atoms. The molecule has 1 aliphatic rings. The minimum absolute atomic E-state index is 0.0817. The quantitative estimate of drug-likeness (QED) is 0.828. The molecule has 0 fully saturated rings. The van der Waals surface area contributed by atoms with Crippen molar-refractivity contribution in [1.29, 1.82) is 0 Å². The molecule has 2 aromatic rings. The van der Waals surface area contributed by atoms with Crippen molar-refractivity contribution in [1.82, 2.24) is 0 Å². The summed E-state index contributed by atoms with van der Waals surface area (Å²) in [6, 6.07) is 6.14. The molecule has 104 valence electrons. The molecule has 3 rings (SSSR count). The number of carbonyl (C=O) groups is 1. The van der Waals surface area contributed by atoms with Gasteiger partial charge in [-0.15, -0.1) is 0 Å². The summed E-state index contributed by atoms with van der Waals surface area (Å²) in [5.74, 6) is 1.26. The van der Waals surface area contributed by atoms with E-state index in [9.17, 15) is 4.79 Å². The van der Waals surface area contributed by atoms with Gasteiger partial charge in [0.05, 0.1) is 18.4 Å². The van der Waals surface area contributed by atoms with Crippen molar-refractivity contribution in [2.24, 2.45) is 0 Å². The molecule has 0 aliphatic carbocycles. The molecule has 0 bridgehead atoms. The van der Waals surface area contributed by atoms with E-state index in [1.54, 1.807) is 12.0 Å². The third-order valence-electron chi connectivity index (χ3n) is 4.23. The zero-order valence-corrected chi connectivity index (χ0v) is 12.6. The largest absolute Gasteiger partial charge is 0.497 e. The van der Waals surface area contributed by atoms with E-state index in [0.717, 1.165) is 33.3 Å². The van der Waals surface area contributed by atoms with Gasteiger partial charge in [0, 0.05) is 18.5 Å². The Kier molecular flexibility index (Phi) is 2.75. The molecule has 1 heterocycles. The summed E-state index contributed by atoms with van der Waals surface area (Å²) in [6.07, 6.45) is 0. The highest BCUT2D eigenvalue weighted by Crippen LogP contribution is 2.43. The first-order valence-corrected chi connectivity index (χ1v) is 6.89. The number of nitrogens with zero attached hydrogens (tertiary/aromatic N) is 1. The molecule has 0 saturated heterocycles. The van der Waals surface area contributed by atoms with Gasteiger partial charge in [0.25, 0.3) is 5.91 Å². The van der Waals surface area contributed by atoms with Gasteiger partial charge in [-0.1, -0.05) is 19.9 Å². The van der Waals surface area contributed by atoms with Crippen LogP contribution in [0.15, 0.2) is 18.2 Å². The first-order valence-electron chi connectivity index (χ1n) is 6.89. The lowest BCUT2D eigenvalue weighted by Crippen LogP contribution is -2.21. The molecule has 3 nitrogen and oxygen atoms in total. The van der Waals surface area contributed by atoms with Crippen molar-refractivity contribution in [3.63, 3.8) is 0 Å². The predicted molar refractivity (Wildman–Crippen MR) is 82.1 cm³/mol. The number of anilines is 1. The van der Waals surface area contributed by atoms with E-state index in [4.69, 9.17) is 4.74 Å². The topological polar surface area (TPSA) is 29.5 Å². The fourth-order valence-corrected chi connectivity index (χ4v) is 3.14. The zero-order valence-electron chi connectivity index (χ0n) is 12.6. The molecule has 2 aromatic carbocycles. The SMILES string of the molecule is COc1cc2c3c(c(C)c(C(C)C)cc3c1)C(=O)N2C. The molecular weight excluding hydrogens is 250 g/mol. The first-order chi connectivity index (χ1) is 9.45. The highest BCUT2D eigenvalue weighted by Gasteiger charge is 2.31. The van der Waals surface area contributed by atoms with Crippen LogP contribution < -0.4 is 9.64 Å². The van der Waals surface area contributed by atoms with Crippen molar-refractivity contribution in [3.05, 3.63) is 34.9 Å². The lowest BCUT2D eigenvalue weighted by molar-refractivity contribution is 0.0998. The average Bonchev–Trinajstić information content (AvgIpc) is 2.68. The van der Waals surface area contributed by atoms with Gasteiger partial charge in [0.15, 0.2) is 0 Å². The van der Waals surface area contributed by atoms with Gasteiger partial charge in [-0.3, -0.25) is 4.79 Å². The van der Waals surface area contributed by atoms with Crippen molar-refractivity contribution >= 4 is 22.4 Å². The van der Waals surface area contributed by atoms with E-state index in [-0.39, 0.29) is 5.91 Å². The summed E-state index contributed by atoms with van der Waals surface area (Å²) >= 11 is 0. The number of carbonyl (C=O) groups excluding carboxylic acids is 1. The van der Waals surface area contributed by atoms with Crippen molar-refractivity contribution in [2.75, 3.05) is 19.1 Å². The second kappa shape index (κ2) is 4.23. The summed E-state index contributed by atoms with van der Waals surface area (Å²) < 4.78 is 5.36. The molecule has 1 aliphatic heterocycles. The Balaban J connectivity index is 2.47. The Hall–Kier alpha value is -2.03. The van der Waals surface area contributed by atoms with Crippen LogP contribution in [0.5, 0.6) is 5.75 Å². The Morgan fingerprint density at radius 3 is 2.50 bits per heavy atom. The highest BCUT2D eigenvalue weighted by atomic mass is 16.5. The van der Waals surface area contributed by atoms with Crippen LogP contribution in [0.2, 0.25) is 0 Å². The Bertz CT molecular complexity index is 732. The second-order valence-electron chi connectivity index (χ2n) is 5.73. The van der Waals surface area contributed by atoms with Gasteiger partial charge in [0.1, 0.15) is 5.75 Å². The molecular formula is C17H19NO2. The summed E-state index contributed by atoms with van der Waals surface area (Å²) in [7, 11) is 3.48. The van der Waals surface area contributed by atoms with Crippen LogP contribution >= 0.6 is 0 Å². The summed E-state index contributed by atoms with van der Waals surface area (Å²) in [5.41, 5.74) is 4.13. The molecule has 0 spiro atoms. The van der Waals surface area contributed by atoms with Crippen LogP contribution in [0.1, 0.15) is 41.3 Å². The molecule has 0 unspecified atom stereocenters. The lowest BCUT2D eigenvalue weighted by atomic mass is 9.90. The smallest absolute Gasteiger partial charge is 0.259 e. The minimum atomic E-state index is 0.0817. The minimum Gasteiger partial charge on any atom is -0.497 e. The molecule has 0 N–H and O–H groups in total. The van der Waals surface area contributed by atoms with Gasteiger partial charge in [-0.25, -0.2) is 0 Å². The average molecular weight is 269 g/mol. The fraction of sp³-hybridized carbons (Fsp3) is 0.353. The Morgan fingerprint density at radius 1 is 1.20 bits per heavy atom. The number of hydrogen-bond acceptors (Lipinski definition) is 2. The molecule has 1 amide bonds. The second-order valence-corrected chi connectivity index (χ2v) is 5.73. The van der Waals surface area contributed by atoms with E-state index in [2.05, 4.69) is 26.8 Å². The molecule has 0 atom stereocenters. The van der Waals surface area contributed by atoms with Crippen LogP contribution in [0.4, 0.5) is 5.69 Å². The van der Waals surface area contributed by atoms with Gasteiger partial charge < -0.3 is 9.64 Å². The van der Waals surface area contributed by atoms with Crippen LogP contribution in [0.25, 0.3) is 10.8 Å². The maximum atomic E-state index is 12.6. The van der Waals surface area contributed by atoms with Gasteiger partial charge >= 0.3 is 0 Å². The number of ether oxygens (including phenoxy) is 1. The normalized spacial score (nSPS) is 13.7. The summed E-state index contributed by atoms with van der Waals surface area (Å²) in [5, 5.41) is 2.14. The highest BCUT2D eigenvalue weighted by molar-refractivity contribution is 6.26. The first kappa shape index (κ1) is 13.0. The monoisotopic (exact) mass is 269 g/mol. The third kappa shape index (κ3) is 1.56. The van der Waals surface area contributed by atoms with Crippen LogP contribution in [0, 0.1) is 6.92 Å². The van der Waals surface area contributed by atoms with Crippen LogP contribution in [-0.4, -0.2) is 20.1 Å². The molecule has 3 heteroatoms. The molecule has 0 saturated carbocycles. The lowest BCUT2D eigenvalue weighted by Gasteiger charge is -2.14. The standard InChI is InChI=1S/C17H19NO2/c1-9(2)13-7-11-6-12(20-5)8-14-16(11)15(10(13)3)17(19)18(14)4/h6-9H,1-5H3. The number of benzene rings is 2. The zero-order chi connectivity index (χ0) is 14.6. The molecule has 0 radical (unpaired) electrons. The maximum absolute atomic E-state index is 12.6. The number of amides is 1. The molecule has 0 aromatic heterocycles.